The summed E-state index contributed by atoms with van der Waals surface area (Å²) < 4.78 is 50.5. The lowest BCUT2D eigenvalue weighted by molar-refractivity contribution is -0.143. The van der Waals surface area contributed by atoms with E-state index in [1.807, 2.05) is 6.07 Å². The summed E-state index contributed by atoms with van der Waals surface area (Å²) in [6, 6.07) is 11.0. The van der Waals surface area contributed by atoms with Gasteiger partial charge in [-0.15, -0.1) is 0 Å². The molecule has 0 fully saturated rings. The predicted molar refractivity (Wildman–Crippen MR) is 142 cm³/mol. The number of esters is 1. The number of sulfonamides is 1. The molecule has 2 aromatic carbocycles. The summed E-state index contributed by atoms with van der Waals surface area (Å²) in [7, 11) is 0.673. The van der Waals surface area contributed by atoms with Crippen LogP contribution in [0.1, 0.15) is 17.3 Å². The molecule has 1 amide bonds. The molecular formula is C25H31N3O8S2. The van der Waals surface area contributed by atoms with E-state index in [0.29, 0.717) is 11.3 Å². The molecule has 0 aliphatic rings. The van der Waals surface area contributed by atoms with Crippen molar-refractivity contribution in [3.8, 4) is 5.75 Å². The van der Waals surface area contributed by atoms with Crippen LogP contribution in [0.5, 0.6) is 5.75 Å². The molecule has 3 aromatic rings. The summed E-state index contributed by atoms with van der Waals surface area (Å²) in [4.78, 5) is 29.9. The van der Waals surface area contributed by atoms with Gasteiger partial charge in [0.25, 0.3) is 5.91 Å². The third-order valence-corrected chi connectivity index (χ3v) is 8.46. The molecule has 0 bridgehead atoms. The molecule has 206 valence electrons. The van der Waals surface area contributed by atoms with Crippen LogP contribution in [0.15, 0.2) is 52.4 Å². The van der Waals surface area contributed by atoms with Crippen molar-refractivity contribution in [2.75, 3.05) is 54.2 Å². The molecule has 3 rings (SSSR count). The number of rotatable bonds is 13. The Morgan fingerprint density at radius 3 is 2.24 bits per heavy atom. The van der Waals surface area contributed by atoms with Gasteiger partial charge in [-0.2, -0.15) is 9.30 Å². The van der Waals surface area contributed by atoms with E-state index in [1.165, 1.54) is 61.2 Å². The van der Waals surface area contributed by atoms with Gasteiger partial charge in [-0.05, 0) is 43.3 Å². The molecule has 0 N–H and O–H groups in total. The van der Waals surface area contributed by atoms with Crippen LogP contribution in [0.25, 0.3) is 10.2 Å². The number of ether oxygens (including phenoxy) is 4. The van der Waals surface area contributed by atoms with Crippen LogP contribution in [0.2, 0.25) is 0 Å². The second-order valence-corrected chi connectivity index (χ2v) is 10.9. The zero-order chi connectivity index (χ0) is 27.7. The number of aromatic nitrogens is 1. The smallest absolute Gasteiger partial charge is 0.326 e. The first-order valence-electron chi connectivity index (χ1n) is 11.8. The highest BCUT2D eigenvalue weighted by atomic mass is 32.2. The van der Waals surface area contributed by atoms with Gasteiger partial charge in [0.1, 0.15) is 17.8 Å². The third kappa shape index (κ3) is 6.85. The zero-order valence-corrected chi connectivity index (χ0v) is 23.3. The van der Waals surface area contributed by atoms with Crippen molar-refractivity contribution in [2.24, 2.45) is 4.99 Å². The van der Waals surface area contributed by atoms with Crippen LogP contribution in [0.4, 0.5) is 0 Å². The lowest BCUT2D eigenvalue weighted by Gasteiger charge is -2.21. The fourth-order valence-electron chi connectivity index (χ4n) is 3.64. The van der Waals surface area contributed by atoms with Gasteiger partial charge in [0.2, 0.25) is 10.0 Å². The minimum Gasteiger partial charge on any atom is -0.495 e. The maximum absolute atomic E-state index is 13.1. The van der Waals surface area contributed by atoms with Gasteiger partial charge in [-0.1, -0.05) is 17.4 Å². The number of nitrogens with zero attached hydrogens (tertiary/aromatic N) is 3. The topological polar surface area (TPSA) is 126 Å². The number of carbonyl (C=O) groups is 2. The highest BCUT2D eigenvalue weighted by molar-refractivity contribution is 7.89. The van der Waals surface area contributed by atoms with E-state index < -0.39 is 21.9 Å². The van der Waals surface area contributed by atoms with Crippen LogP contribution in [0, 0.1) is 0 Å². The van der Waals surface area contributed by atoms with E-state index in [0.717, 1.165) is 4.70 Å². The Hall–Kier alpha value is -3.10. The summed E-state index contributed by atoms with van der Waals surface area (Å²) in [5.41, 5.74) is 0.810. The van der Waals surface area contributed by atoms with Crippen LogP contribution in [-0.2, 0) is 35.6 Å². The molecule has 1 aromatic heterocycles. The molecule has 0 aliphatic heterocycles. The van der Waals surface area contributed by atoms with E-state index in [-0.39, 0.29) is 54.7 Å². The Bertz CT molecular complexity index is 1420. The van der Waals surface area contributed by atoms with Gasteiger partial charge in [0.05, 0.1) is 36.5 Å². The molecule has 0 radical (unpaired) electrons. The molecule has 0 unspecified atom stereocenters. The average molecular weight is 566 g/mol. The Labute approximate surface area is 225 Å². The monoisotopic (exact) mass is 565 g/mol. The van der Waals surface area contributed by atoms with E-state index >= 15 is 0 Å². The first-order chi connectivity index (χ1) is 18.3. The van der Waals surface area contributed by atoms with E-state index in [2.05, 4.69) is 4.99 Å². The fourth-order valence-corrected chi connectivity index (χ4v) is 6.09. The molecule has 11 nitrogen and oxygen atoms in total. The number of hydrogen-bond acceptors (Lipinski definition) is 9. The summed E-state index contributed by atoms with van der Waals surface area (Å²) in [5, 5.41) is 0. The van der Waals surface area contributed by atoms with E-state index in [4.69, 9.17) is 18.9 Å². The molecule has 1 heterocycles. The number of carbonyl (C=O) groups excluding carboxylic acids is 2. The SMILES string of the molecule is CCOC(=O)Cn1c(=NC(=O)c2ccc(S(=O)(=O)N(CCOC)CCOC)cc2)sc2cccc(OC)c21. The van der Waals surface area contributed by atoms with Crippen molar-refractivity contribution in [2.45, 2.75) is 18.4 Å². The number of thiazole rings is 1. The lowest BCUT2D eigenvalue weighted by Crippen LogP contribution is -2.36. The predicted octanol–water partition coefficient (Wildman–Crippen LogP) is 2.30. The molecule has 0 saturated carbocycles. The van der Waals surface area contributed by atoms with Crippen molar-refractivity contribution >= 4 is 43.5 Å². The minimum atomic E-state index is -3.83. The maximum Gasteiger partial charge on any atom is 0.326 e. The van der Waals surface area contributed by atoms with Crippen molar-refractivity contribution < 1.29 is 37.0 Å². The zero-order valence-electron chi connectivity index (χ0n) is 21.7. The Balaban J connectivity index is 1.97. The van der Waals surface area contributed by atoms with Crippen molar-refractivity contribution in [3.63, 3.8) is 0 Å². The lowest BCUT2D eigenvalue weighted by atomic mass is 10.2. The highest BCUT2D eigenvalue weighted by Gasteiger charge is 2.24. The second kappa shape index (κ2) is 13.6. The molecule has 38 heavy (non-hydrogen) atoms. The second-order valence-electron chi connectivity index (χ2n) is 7.91. The summed E-state index contributed by atoms with van der Waals surface area (Å²) in [5.74, 6) is -0.543. The van der Waals surface area contributed by atoms with Crippen LogP contribution >= 0.6 is 11.3 Å². The molecule has 0 saturated heterocycles. The normalized spacial score (nSPS) is 12.3. The Morgan fingerprint density at radius 2 is 1.66 bits per heavy atom. The number of benzene rings is 2. The van der Waals surface area contributed by atoms with Gasteiger partial charge in [0, 0.05) is 32.9 Å². The summed E-state index contributed by atoms with van der Waals surface area (Å²) in [6.07, 6.45) is 0. The van der Waals surface area contributed by atoms with Gasteiger partial charge in [-0.3, -0.25) is 9.59 Å². The van der Waals surface area contributed by atoms with Crippen molar-refractivity contribution in [1.82, 2.24) is 8.87 Å². The molecule has 0 aliphatic carbocycles. The van der Waals surface area contributed by atoms with E-state index in [1.54, 1.807) is 23.6 Å². The number of fused-ring (bicyclic) bond motifs is 1. The summed E-state index contributed by atoms with van der Waals surface area (Å²) in [6.45, 7) is 2.54. The number of methoxy groups -OCH3 is 3. The van der Waals surface area contributed by atoms with Crippen LogP contribution in [-0.4, -0.2) is 83.4 Å². The molecule has 0 spiro atoms. The first kappa shape index (κ1) is 29.5. The Kier molecular flexibility index (Phi) is 10.6. The van der Waals surface area contributed by atoms with Gasteiger partial charge >= 0.3 is 5.97 Å². The quantitative estimate of drug-likeness (QED) is 0.289. The summed E-state index contributed by atoms with van der Waals surface area (Å²) >= 11 is 1.22. The van der Waals surface area contributed by atoms with Gasteiger partial charge in [-0.25, -0.2) is 8.42 Å². The van der Waals surface area contributed by atoms with Crippen molar-refractivity contribution in [1.29, 1.82) is 0 Å². The van der Waals surface area contributed by atoms with Crippen LogP contribution < -0.4 is 9.54 Å². The third-order valence-electron chi connectivity index (χ3n) is 5.50. The molecule has 13 heteroatoms. The largest absolute Gasteiger partial charge is 0.495 e. The van der Waals surface area contributed by atoms with Gasteiger partial charge < -0.3 is 23.5 Å². The van der Waals surface area contributed by atoms with Crippen LogP contribution in [0.3, 0.4) is 0 Å². The molecule has 0 atom stereocenters. The van der Waals surface area contributed by atoms with Gasteiger partial charge in [0.15, 0.2) is 4.80 Å². The number of para-hydroxylation sites is 1. The highest BCUT2D eigenvalue weighted by Crippen LogP contribution is 2.27. The number of hydrogen-bond donors (Lipinski definition) is 0. The molecular weight excluding hydrogens is 534 g/mol. The van der Waals surface area contributed by atoms with E-state index in [9.17, 15) is 18.0 Å². The Morgan fingerprint density at radius 1 is 1.00 bits per heavy atom. The minimum absolute atomic E-state index is 0.0326. The average Bonchev–Trinajstić information content (AvgIpc) is 3.25. The maximum atomic E-state index is 13.1. The fraction of sp³-hybridized carbons (Fsp3) is 0.400. The first-order valence-corrected chi connectivity index (χ1v) is 14.0. The number of amides is 1. The van der Waals surface area contributed by atoms with Crippen molar-refractivity contribution in [3.05, 3.63) is 52.8 Å². The standard InChI is InChI=1S/C25H31N3O8S2/c1-5-36-22(29)17-28-23-20(35-4)7-6-8-21(23)37-25(28)26-24(30)18-9-11-19(12-10-18)38(31,32)27(13-15-33-2)14-16-34-3/h6-12H,5,13-17H2,1-4H3.